The molecule has 0 spiro atoms. The third kappa shape index (κ3) is 5.06. The molecule has 0 saturated heterocycles. The molecule has 0 amide bonds. The maximum atomic E-state index is 14.4. The smallest absolute Gasteiger partial charge is 0.219 e. The normalized spacial score (nSPS) is 17.4. The fourth-order valence-corrected chi connectivity index (χ4v) is 4.83. The Labute approximate surface area is 222 Å². The molecular weight excluding hydrogens is 555 g/mol. The van der Waals surface area contributed by atoms with Crippen molar-refractivity contribution in [2.75, 3.05) is 25.0 Å². The molecule has 35 heavy (non-hydrogen) atoms. The Morgan fingerprint density at radius 3 is 2.31 bits per heavy atom. The van der Waals surface area contributed by atoms with Crippen molar-refractivity contribution >= 4 is 51.2 Å². The zero-order chi connectivity index (χ0) is 24.8. The number of hydrogen-bond acceptors (Lipinski definition) is 5. The summed E-state index contributed by atoms with van der Waals surface area (Å²) in [5, 5.41) is 0. The van der Waals surface area contributed by atoms with E-state index < -0.39 is 11.5 Å². The first-order valence-corrected chi connectivity index (χ1v) is 12.9. The van der Waals surface area contributed by atoms with Crippen molar-refractivity contribution in [3.8, 4) is 17.2 Å². The van der Waals surface area contributed by atoms with Gasteiger partial charge in [-0.25, -0.2) is 0 Å². The van der Waals surface area contributed by atoms with Gasteiger partial charge in [-0.2, -0.15) is 0 Å². The molecule has 3 aromatic rings. The number of Topliss-reactive ketones (excluding diaryl/α,β-unsaturated/α-hetero) is 1. The van der Waals surface area contributed by atoms with Crippen LogP contribution in [0.4, 0.5) is 0 Å². The number of halogens is 3. The second-order valence-corrected chi connectivity index (χ2v) is 9.58. The lowest BCUT2D eigenvalue weighted by atomic mass is 9.72. The van der Waals surface area contributed by atoms with Gasteiger partial charge in [0, 0.05) is 34.5 Å². The zero-order valence-electron chi connectivity index (χ0n) is 18.7. The first-order chi connectivity index (χ1) is 17.0. The number of rotatable bonds is 11. The lowest BCUT2D eigenvalue weighted by Gasteiger charge is -2.35. The zero-order valence-corrected chi connectivity index (χ0v) is 21.8. The van der Waals surface area contributed by atoms with Gasteiger partial charge >= 0.3 is 0 Å². The molecular formula is C27H23BrCl2O5. The second kappa shape index (κ2) is 11.5. The van der Waals surface area contributed by atoms with E-state index in [-0.39, 0.29) is 31.3 Å². The molecule has 5 nitrogen and oxygen atoms in total. The molecule has 0 aromatic heterocycles. The average Bonchev–Trinajstić information content (AvgIpc) is 3.18. The highest BCUT2D eigenvalue weighted by Crippen LogP contribution is 2.54. The summed E-state index contributed by atoms with van der Waals surface area (Å²) in [5.41, 5.74) is 0.243. The first kappa shape index (κ1) is 25.5. The SMILES string of the molecule is O=CCC(c1ccccc1)C1(c2ccc(Br)cc2)Oc2cc(OCCCl)cc(OCCCl)c2C1=O. The van der Waals surface area contributed by atoms with Crippen LogP contribution in [-0.4, -0.2) is 37.0 Å². The molecule has 182 valence electrons. The van der Waals surface area contributed by atoms with Gasteiger partial charge in [0.15, 0.2) is 0 Å². The minimum atomic E-state index is -1.49. The predicted molar refractivity (Wildman–Crippen MR) is 140 cm³/mol. The minimum absolute atomic E-state index is 0.0767. The van der Waals surface area contributed by atoms with Crippen LogP contribution in [0.3, 0.4) is 0 Å². The topological polar surface area (TPSA) is 61.8 Å². The molecule has 0 fully saturated rings. The number of alkyl halides is 2. The monoisotopic (exact) mass is 576 g/mol. The van der Waals surface area contributed by atoms with Gasteiger partial charge in [0.25, 0.3) is 0 Å². The maximum absolute atomic E-state index is 14.4. The number of ether oxygens (including phenoxy) is 3. The van der Waals surface area contributed by atoms with Crippen LogP contribution in [0.5, 0.6) is 17.2 Å². The first-order valence-electron chi connectivity index (χ1n) is 11.1. The summed E-state index contributed by atoms with van der Waals surface area (Å²) in [6.07, 6.45) is 0.894. The van der Waals surface area contributed by atoms with Gasteiger partial charge in [0.1, 0.15) is 42.3 Å². The third-order valence-electron chi connectivity index (χ3n) is 5.85. The van der Waals surface area contributed by atoms with Gasteiger partial charge in [-0.05, 0) is 17.7 Å². The lowest BCUT2D eigenvalue weighted by Crippen LogP contribution is -2.43. The van der Waals surface area contributed by atoms with E-state index in [0.29, 0.717) is 34.3 Å². The number of ketones is 1. The van der Waals surface area contributed by atoms with Gasteiger partial charge in [-0.15, -0.1) is 23.2 Å². The summed E-state index contributed by atoms with van der Waals surface area (Å²) in [7, 11) is 0. The second-order valence-electron chi connectivity index (χ2n) is 7.91. The summed E-state index contributed by atoms with van der Waals surface area (Å²) in [5.74, 6) is 0.754. The van der Waals surface area contributed by atoms with Gasteiger partial charge in [0.2, 0.25) is 11.4 Å². The highest BCUT2D eigenvalue weighted by atomic mass is 79.9. The maximum Gasteiger partial charge on any atom is 0.219 e. The van der Waals surface area contributed by atoms with Crippen molar-refractivity contribution in [2.45, 2.75) is 17.9 Å². The molecule has 0 bridgehead atoms. The molecule has 2 unspecified atom stereocenters. The fourth-order valence-electron chi connectivity index (χ4n) is 4.41. The number of carbonyl (C=O) groups excluding carboxylic acids is 2. The van der Waals surface area contributed by atoms with E-state index in [1.807, 2.05) is 54.6 Å². The number of aldehydes is 1. The number of benzene rings is 3. The van der Waals surface area contributed by atoms with Crippen molar-refractivity contribution < 1.29 is 23.8 Å². The largest absolute Gasteiger partial charge is 0.492 e. The Morgan fingerprint density at radius 2 is 1.66 bits per heavy atom. The molecule has 1 aliphatic heterocycles. The molecule has 2 atom stereocenters. The Kier molecular flexibility index (Phi) is 8.37. The van der Waals surface area contributed by atoms with Crippen LogP contribution < -0.4 is 14.2 Å². The lowest BCUT2D eigenvalue weighted by molar-refractivity contribution is -0.109. The summed E-state index contributed by atoms with van der Waals surface area (Å²) >= 11 is 15.1. The van der Waals surface area contributed by atoms with Gasteiger partial charge in [0.05, 0.1) is 11.8 Å². The Morgan fingerprint density at radius 1 is 0.971 bits per heavy atom. The molecule has 0 radical (unpaired) electrons. The van der Waals surface area contributed by atoms with Crippen LogP contribution in [0.2, 0.25) is 0 Å². The summed E-state index contributed by atoms with van der Waals surface area (Å²) in [6, 6.07) is 20.1. The summed E-state index contributed by atoms with van der Waals surface area (Å²) < 4.78 is 19.0. The van der Waals surface area contributed by atoms with Crippen molar-refractivity contribution in [1.82, 2.24) is 0 Å². The standard InChI is InChI=1S/C27H23BrCl2O5/c28-20-8-6-19(7-9-20)27(22(10-13-31)18-4-2-1-3-5-18)26(32)25-23(34-15-12-30)16-21(33-14-11-29)17-24(25)35-27/h1-9,13,16-17,22H,10-12,14-15H2. The van der Waals surface area contributed by atoms with E-state index in [4.69, 9.17) is 37.4 Å². The van der Waals surface area contributed by atoms with Crippen molar-refractivity contribution in [3.63, 3.8) is 0 Å². The minimum Gasteiger partial charge on any atom is -0.492 e. The highest BCUT2D eigenvalue weighted by Gasteiger charge is 2.56. The average molecular weight is 578 g/mol. The van der Waals surface area contributed by atoms with E-state index in [9.17, 15) is 9.59 Å². The summed E-state index contributed by atoms with van der Waals surface area (Å²) in [4.78, 5) is 26.3. The number of carbonyl (C=O) groups is 2. The van der Waals surface area contributed by atoms with Gasteiger partial charge in [-0.3, -0.25) is 4.79 Å². The van der Waals surface area contributed by atoms with Gasteiger partial charge < -0.3 is 19.0 Å². The van der Waals surface area contributed by atoms with Crippen LogP contribution in [0.25, 0.3) is 0 Å². The van der Waals surface area contributed by atoms with Crippen molar-refractivity contribution in [3.05, 3.63) is 87.9 Å². The Balaban J connectivity index is 1.93. The molecule has 1 aliphatic rings. The molecule has 8 heteroatoms. The Bertz CT molecular complexity index is 1190. The van der Waals surface area contributed by atoms with E-state index in [2.05, 4.69) is 15.9 Å². The summed E-state index contributed by atoms with van der Waals surface area (Å²) in [6.45, 7) is 0.473. The van der Waals surface area contributed by atoms with E-state index >= 15 is 0 Å². The van der Waals surface area contributed by atoms with E-state index in [1.54, 1.807) is 12.1 Å². The van der Waals surface area contributed by atoms with Crippen LogP contribution >= 0.6 is 39.1 Å². The van der Waals surface area contributed by atoms with Crippen LogP contribution in [0.15, 0.2) is 71.2 Å². The molecule has 4 rings (SSSR count). The third-order valence-corrected chi connectivity index (χ3v) is 6.69. The number of fused-ring (bicyclic) bond motifs is 1. The van der Waals surface area contributed by atoms with Crippen LogP contribution in [0.1, 0.15) is 33.8 Å². The molecule has 0 aliphatic carbocycles. The predicted octanol–water partition coefficient (Wildman–Crippen LogP) is 6.53. The molecule has 1 heterocycles. The van der Waals surface area contributed by atoms with Crippen molar-refractivity contribution in [1.29, 1.82) is 0 Å². The molecule has 3 aromatic carbocycles. The highest BCUT2D eigenvalue weighted by molar-refractivity contribution is 9.10. The molecule has 0 saturated carbocycles. The number of hydrogen-bond donors (Lipinski definition) is 0. The van der Waals surface area contributed by atoms with Gasteiger partial charge in [-0.1, -0.05) is 58.4 Å². The van der Waals surface area contributed by atoms with Crippen LogP contribution in [0, 0.1) is 0 Å². The van der Waals surface area contributed by atoms with Crippen LogP contribution in [-0.2, 0) is 10.4 Å². The van der Waals surface area contributed by atoms with E-state index in [0.717, 1.165) is 16.3 Å². The van der Waals surface area contributed by atoms with Crippen molar-refractivity contribution in [2.24, 2.45) is 0 Å². The Hall–Kier alpha value is -2.54. The van der Waals surface area contributed by atoms with E-state index in [1.165, 1.54) is 0 Å². The quantitative estimate of drug-likeness (QED) is 0.191. The molecule has 0 N–H and O–H groups in total. The fraction of sp³-hybridized carbons (Fsp3) is 0.259.